The number of halogens is 1. The van der Waals surface area contributed by atoms with Crippen molar-refractivity contribution in [1.82, 2.24) is 14.8 Å². The van der Waals surface area contributed by atoms with Gasteiger partial charge < -0.3 is 9.30 Å². The van der Waals surface area contributed by atoms with Gasteiger partial charge in [-0.25, -0.2) is 0 Å². The molecule has 3 rings (SSSR count). The fourth-order valence-electron chi connectivity index (χ4n) is 2.21. The van der Waals surface area contributed by atoms with Crippen molar-refractivity contribution in [1.29, 1.82) is 0 Å². The highest BCUT2D eigenvalue weighted by atomic mass is 35.5. The van der Waals surface area contributed by atoms with E-state index in [-0.39, 0.29) is 0 Å². The van der Waals surface area contributed by atoms with Crippen molar-refractivity contribution in [3.63, 3.8) is 0 Å². The Bertz CT molecular complexity index is 768. The molecule has 2 aromatic carbocycles. The van der Waals surface area contributed by atoms with Crippen LogP contribution in [0.4, 0.5) is 0 Å². The Balaban J connectivity index is 1.63. The first kappa shape index (κ1) is 16.9. The standard InChI is InChI=1S/C18H18ClN3OS/c1-13-7-3-4-8-14(13)12-24-18-21-20-17(22(18)2)11-23-16-10-6-5-9-15(16)19/h3-10H,11-12H2,1-2H3. The molecule has 0 aliphatic carbocycles. The molecule has 0 aliphatic rings. The van der Waals surface area contributed by atoms with Crippen LogP contribution in [-0.4, -0.2) is 14.8 Å². The zero-order valence-electron chi connectivity index (χ0n) is 13.6. The van der Waals surface area contributed by atoms with Crippen LogP contribution in [0.3, 0.4) is 0 Å². The molecule has 0 spiro atoms. The molecule has 0 N–H and O–H groups in total. The van der Waals surface area contributed by atoms with E-state index < -0.39 is 0 Å². The third-order valence-corrected chi connectivity index (χ3v) is 5.12. The SMILES string of the molecule is Cc1ccccc1CSc1nnc(COc2ccccc2Cl)n1C. The molecule has 0 unspecified atom stereocenters. The van der Waals surface area contributed by atoms with Crippen LogP contribution in [0.5, 0.6) is 5.75 Å². The second-order valence-electron chi connectivity index (χ2n) is 5.39. The van der Waals surface area contributed by atoms with Gasteiger partial charge in [-0.1, -0.05) is 59.8 Å². The van der Waals surface area contributed by atoms with Gasteiger partial charge in [0.2, 0.25) is 0 Å². The van der Waals surface area contributed by atoms with E-state index >= 15 is 0 Å². The molecule has 0 fully saturated rings. The highest BCUT2D eigenvalue weighted by molar-refractivity contribution is 7.98. The Labute approximate surface area is 150 Å². The molecular weight excluding hydrogens is 342 g/mol. The van der Waals surface area contributed by atoms with Gasteiger partial charge in [0.05, 0.1) is 5.02 Å². The van der Waals surface area contributed by atoms with Crippen molar-refractivity contribution in [2.45, 2.75) is 24.4 Å². The predicted octanol–water partition coefficient (Wildman–Crippen LogP) is 4.65. The van der Waals surface area contributed by atoms with Crippen LogP contribution in [0, 0.1) is 6.92 Å². The number of hydrogen-bond donors (Lipinski definition) is 0. The highest BCUT2D eigenvalue weighted by Gasteiger charge is 2.11. The van der Waals surface area contributed by atoms with Crippen molar-refractivity contribution >= 4 is 23.4 Å². The van der Waals surface area contributed by atoms with E-state index in [0.29, 0.717) is 17.4 Å². The van der Waals surface area contributed by atoms with Crippen LogP contribution in [-0.2, 0) is 19.4 Å². The lowest BCUT2D eigenvalue weighted by molar-refractivity contribution is 0.290. The number of benzene rings is 2. The fourth-order valence-corrected chi connectivity index (χ4v) is 3.41. The molecule has 0 saturated carbocycles. The third kappa shape index (κ3) is 3.91. The van der Waals surface area contributed by atoms with Gasteiger partial charge in [0.15, 0.2) is 11.0 Å². The lowest BCUT2D eigenvalue weighted by Gasteiger charge is -2.08. The van der Waals surface area contributed by atoms with Crippen LogP contribution in [0.15, 0.2) is 53.7 Å². The summed E-state index contributed by atoms with van der Waals surface area (Å²) < 4.78 is 7.69. The molecule has 0 atom stereocenters. The minimum atomic E-state index is 0.332. The molecule has 0 aliphatic heterocycles. The number of aryl methyl sites for hydroxylation is 1. The summed E-state index contributed by atoms with van der Waals surface area (Å²) in [5.74, 6) is 2.28. The normalized spacial score (nSPS) is 10.8. The average molecular weight is 360 g/mol. The Morgan fingerprint density at radius 3 is 2.62 bits per heavy atom. The molecule has 0 amide bonds. The van der Waals surface area contributed by atoms with Gasteiger partial charge >= 0.3 is 0 Å². The summed E-state index contributed by atoms with van der Waals surface area (Å²) in [6, 6.07) is 15.8. The van der Waals surface area contributed by atoms with Crippen LogP contribution in [0.1, 0.15) is 17.0 Å². The lowest BCUT2D eigenvalue weighted by atomic mass is 10.1. The van der Waals surface area contributed by atoms with Crippen molar-refractivity contribution in [2.24, 2.45) is 7.05 Å². The number of thioether (sulfide) groups is 1. The van der Waals surface area contributed by atoms with Crippen molar-refractivity contribution < 1.29 is 4.74 Å². The molecule has 1 aromatic heterocycles. The number of rotatable bonds is 6. The van der Waals surface area contributed by atoms with Gasteiger partial charge in [-0.3, -0.25) is 0 Å². The Morgan fingerprint density at radius 1 is 1.08 bits per heavy atom. The molecule has 4 nitrogen and oxygen atoms in total. The second-order valence-corrected chi connectivity index (χ2v) is 6.74. The smallest absolute Gasteiger partial charge is 0.191 e. The van der Waals surface area contributed by atoms with E-state index in [1.165, 1.54) is 11.1 Å². The quantitative estimate of drug-likeness (QED) is 0.601. The molecule has 0 saturated heterocycles. The maximum absolute atomic E-state index is 6.10. The lowest BCUT2D eigenvalue weighted by Crippen LogP contribution is -2.04. The first-order valence-electron chi connectivity index (χ1n) is 7.58. The van der Waals surface area contributed by atoms with Crippen LogP contribution in [0.25, 0.3) is 0 Å². The monoisotopic (exact) mass is 359 g/mol. The number of ether oxygens (including phenoxy) is 1. The largest absolute Gasteiger partial charge is 0.484 e. The maximum atomic E-state index is 6.10. The molecule has 0 bridgehead atoms. The van der Waals surface area contributed by atoms with Gasteiger partial charge in [0.1, 0.15) is 12.4 Å². The van der Waals surface area contributed by atoms with Crippen molar-refractivity contribution in [3.05, 3.63) is 70.5 Å². The molecule has 124 valence electrons. The molecule has 1 heterocycles. The average Bonchev–Trinajstić information content (AvgIpc) is 2.94. The van der Waals surface area contributed by atoms with E-state index in [2.05, 4.69) is 41.4 Å². The van der Waals surface area contributed by atoms with Gasteiger partial charge in [-0.05, 0) is 30.2 Å². The Morgan fingerprint density at radius 2 is 1.83 bits per heavy atom. The van der Waals surface area contributed by atoms with Gasteiger partial charge in [-0.15, -0.1) is 10.2 Å². The number of hydrogen-bond acceptors (Lipinski definition) is 4. The summed E-state index contributed by atoms with van der Waals surface area (Å²) in [7, 11) is 1.95. The Kier molecular flexibility index (Phi) is 5.43. The molecule has 6 heteroatoms. The molecule has 24 heavy (non-hydrogen) atoms. The molecule has 0 radical (unpaired) electrons. The van der Waals surface area contributed by atoms with E-state index in [1.807, 2.05) is 29.8 Å². The molecular formula is C18H18ClN3OS. The number of para-hydroxylation sites is 1. The summed E-state index contributed by atoms with van der Waals surface area (Å²) >= 11 is 7.76. The summed E-state index contributed by atoms with van der Waals surface area (Å²) in [4.78, 5) is 0. The topological polar surface area (TPSA) is 39.9 Å². The van der Waals surface area contributed by atoms with Crippen LogP contribution >= 0.6 is 23.4 Å². The zero-order valence-corrected chi connectivity index (χ0v) is 15.1. The first-order chi connectivity index (χ1) is 11.6. The van der Waals surface area contributed by atoms with Crippen molar-refractivity contribution in [2.75, 3.05) is 0 Å². The molecule has 3 aromatic rings. The summed E-state index contributed by atoms with van der Waals surface area (Å²) in [5, 5.41) is 9.94. The highest BCUT2D eigenvalue weighted by Crippen LogP contribution is 2.25. The van der Waals surface area contributed by atoms with Gasteiger partial charge in [-0.2, -0.15) is 0 Å². The minimum absolute atomic E-state index is 0.332. The summed E-state index contributed by atoms with van der Waals surface area (Å²) in [6.45, 7) is 2.45. The van der Waals surface area contributed by atoms with Gasteiger partial charge in [0.25, 0.3) is 0 Å². The van der Waals surface area contributed by atoms with Crippen molar-refractivity contribution in [3.8, 4) is 5.75 Å². The van der Waals surface area contributed by atoms with Crippen LogP contribution < -0.4 is 4.74 Å². The first-order valence-corrected chi connectivity index (χ1v) is 8.94. The van der Waals surface area contributed by atoms with E-state index in [4.69, 9.17) is 16.3 Å². The maximum Gasteiger partial charge on any atom is 0.191 e. The predicted molar refractivity (Wildman–Crippen MR) is 97.5 cm³/mol. The fraction of sp³-hybridized carbons (Fsp3) is 0.222. The second kappa shape index (κ2) is 7.73. The zero-order chi connectivity index (χ0) is 16.9. The number of aromatic nitrogens is 3. The third-order valence-electron chi connectivity index (χ3n) is 3.74. The summed E-state index contributed by atoms with van der Waals surface area (Å²) in [6.07, 6.45) is 0. The number of nitrogens with zero attached hydrogens (tertiary/aromatic N) is 3. The van der Waals surface area contributed by atoms with Gasteiger partial charge in [0, 0.05) is 12.8 Å². The van der Waals surface area contributed by atoms with E-state index in [9.17, 15) is 0 Å². The van der Waals surface area contributed by atoms with E-state index in [0.717, 1.165) is 16.7 Å². The van der Waals surface area contributed by atoms with Crippen LogP contribution in [0.2, 0.25) is 5.02 Å². The van der Waals surface area contributed by atoms with E-state index in [1.54, 1.807) is 17.8 Å². The Hall–Kier alpha value is -1.98. The minimum Gasteiger partial charge on any atom is -0.484 e. The summed E-state index contributed by atoms with van der Waals surface area (Å²) in [5.41, 5.74) is 2.59.